The van der Waals surface area contributed by atoms with Crippen molar-refractivity contribution >= 4 is 5.97 Å². The second kappa shape index (κ2) is 8.27. The summed E-state index contributed by atoms with van der Waals surface area (Å²) in [7, 11) is 0. The van der Waals surface area contributed by atoms with Gasteiger partial charge in [-0.15, -0.1) is 0 Å². The summed E-state index contributed by atoms with van der Waals surface area (Å²) in [4.78, 5) is 11.2. The summed E-state index contributed by atoms with van der Waals surface area (Å²) in [6, 6.07) is 0. The zero-order valence-corrected chi connectivity index (χ0v) is 10.3. The molecule has 0 aliphatic carbocycles. The normalized spacial score (nSPS) is 12.8. The molecule has 0 atom stereocenters. The third-order valence-corrected chi connectivity index (χ3v) is 2.25. The first-order valence-electron chi connectivity index (χ1n) is 5.64. The van der Waals surface area contributed by atoms with Gasteiger partial charge in [0.1, 0.15) is 0 Å². The van der Waals surface area contributed by atoms with Crippen molar-refractivity contribution in [3.05, 3.63) is 23.3 Å². The van der Waals surface area contributed by atoms with E-state index in [0.29, 0.717) is 6.61 Å². The molecule has 0 N–H and O–H groups in total. The van der Waals surface area contributed by atoms with Gasteiger partial charge in [0.15, 0.2) is 0 Å². The van der Waals surface area contributed by atoms with Gasteiger partial charge in [-0.3, -0.25) is 0 Å². The largest absolute Gasteiger partial charge is 0.463 e. The number of carbonyl (C=O) groups is 1. The van der Waals surface area contributed by atoms with E-state index in [1.54, 1.807) is 6.08 Å². The molecular formula is C13H22O2. The van der Waals surface area contributed by atoms with Crippen molar-refractivity contribution < 1.29 is 9.53 Å². The molecule has 0 unspecified atom stereocenters. The van der Waals surface area contributed by atoms with E-state index < -0.39 is 0 Å². The van der Waals surface area contributed by atoms with Crippen LogP contribution in [0.25, 0.3) is 0 Å². The molecule has 0 aromatic rings. The van der Waals surface area contributed by atoms with E-state index in [1.807, 2.05) is 20.8 Å². The Hall–Kier alpha value is -1.05. The maximum Gasteiger partial charge on any atom is 0.331 e. The summed E-state index contributed by atoms with van der Waals surface area (Å²) in [5, 5.41) is 0. The van der Waals surface area contributed by atoms with Crippen LogP contribution in [0.5, 0.6) is 0 Å². The number of hydrogen-bond donors (Lipinski definition) is 0. The Bertz CT molecular complexity index is 249. The standard InChI is InChI=1S/C13H22O2/c1-5-7-8-9-11(3)12(4)10-13(14)15-6-2/h9-10H,5-8H2,1-4H3/b11-9+,12-10+. The lowest BCUT2D eigenvalue weighted by atomic mass is 10.1. The molecule has 0 heterocycles. The van der Waals surface area contributed by atoms with Crippen LogP contribution >= 0.6 is 0 Å². The van der Waals surface area contributed by atoms with Crippen LogP contribution in [-0.4, -0.2) is 12.6 Å². The Morgan fingerprint density at radius 3 is 2.40 bits per heavy atom. The minimum atomic E-state index is -0.252. The number of hydrogen-bond acceptors (Lipinski definition) is 2. The van der Waals surface area contributed by atoms with Crippen molar-refractivity contribution in [2.45, 2.75) is 47.0 Å². The van der Waals surface area contributed by atoms with E-state index in [0.717, 1.165) is 17.6 Å². The second-order valence-electron chi connectivity index (χ2n) is 3.61. The van der Waals surface area contributed by atoms with Crippen LogP contribution in [0, 0.1) is 0 Å². The van der Waals surface area contributed by atoms with E-state index in [2.05, 4.69) is 13.0 Å². The topological polar surface area (TPSA) is 26.3 Å². The van der Waals surface area contributed by atoms with Crippen LogP contribution in [0.15, 0.2) is 23.3 Å². The first-order valence-corrected chi connectivity index (χ1v) is 5.64. The van der Waals surface area contributed by atoms with Gasteiger partial charge < -0.3 is 4.74 Å². The van der Waals surface area contributed by atoms with Gasteiger partial charge in [0.2, 0.25) is 0 Å². The summed E-state index contributed by atoms with van der Waals surface area (Å²) >= 11 is 0. The van der Waals surface area contributed by atoms with Crippen LogP contribution in [0.1, 0.15) is 47.0 Å². The molecule has 0 saturated heterocycles. The Morgan fingerprint density at radius 1 is 1.20 bits per heavy atom. The van der Waals surface area contributed by atoms with Gasteiger partial charge in [0.25, 0.3) is 0 Å². The Balaban J connectivity index is 4.22. The lowest BCUT2D eigenvalue weighted by Crippen LogP contribution is -2.00. The van der Waals surface area contributed by atoms with Gasteiger partial charge in [0.05, 0.1) is 6.61 Å². The van der Waals surface area contributed by atoms with Gasteiger partial charge in [-0.25, -0.2) is 4.79 Å². The van der Waals surface area contributed by atoms with E-state index in [9.17, 15) is 4.79 Å². The van der Waals surface area contributed by atoms with Crippen LogP contribution in [-0.2, 0) is 9.53 Å². The quantitative estimate of drug-likeness (QED) is 0.289. The predicted octanol–water partition coefficient (Wildman–Crippen LogP) is 3.63. The molecule has 86 valence electrons. The molecule has 0 aromatic heterocycles. The van der Waals surface area contributed by atoms with Gasteiger partial charge in [0, 0.05) is 6.08 Å². The van der Waals surface area contributed by atoms with E-state index in [1.165, 1.54) is 12.8 Å². The molecule has 2 nitrogen and oxygen atoms in total. The number of allylic oxidation sites excluding steroid dienone is 3. The highest BCUT2D eigenvalue weighted by Crippen LogP contribution is 2.10. The number of unbranched alkanes of at least 4 members (excludes halogenated alkanes) is 2. The number of ether oxygens (including phenoxy) is 1. The molecule has 0 aromatic carbocycles. The second-order valence-corrected chi connectivity index (χ2v) is 3.61. The summed E-state index contributed by atoms with van der Waals surface area (Å²) in [6.07, 6.45) is 7.21. The van der Waals surface area contributed by atoms with Crippen molar-refractivity contribution in [2.75, 3.05) is 6.61 Å². The van der Waals surface area contributed by atoms with Crippen LogP contribution in [0.2, 0.25) is 0 Å². The predicted molar refractivity (Wildman–Crippen MR) is 63.7 cm³/mol. The van der Waals surface area contributed by atoms with Crippen molar-refractivity contribution in [1.82, 2.24) is 0 Å². The van der Waals surface area contributed by atoms with E-state index >= 15 is 0 Å². The molecule has 0 radical (unpaired) electrons. The lowest BCUT2D eigenvalue weighted by molar-refractivity contribution is -0.137. The monoisotopic (exact) mass is 210 g/mol. The molecule has 0 bridgehead atoms. The van der Waals surface area contributed by atoms with Crippen molar-refractivity contribution in [2.24, 2.45) is 0 Å². The number of esters is 1. The third kappa shape index (κ3) is 6.95. The molecule has 2 heteroatoms. The Kier molecular flexibility index (Phi) is 7.69. The summed E-state index contributed by atoms with van der Waals surface area (Å²) < 4.78 is 4.85. The third-order valence-electron chi connectivity index (χ3n) is 2.25. The smallest absolute Gasteiger partial charge is 0.331 e. The first kappa shape index (κ1) is 13.9. The summed E-state index contributed by atoms with van der Waals surface area (Å²) in [6.45, 7) is 8.38. The minimum absolute atomic E-state index is 0.252. The maximum atomic E-state index is 11.2. The fourth-order valence-corrected chi connectivity index (χ4v) is 1.16. The molecule has 0 amide bonds. The highest BCUT2D eigenvalue weighted by molar-refractivity contribution is 5.83. The Labute approximate surface area is 93.0 Å². The molecule has 0 aliphatic heterocycles. The molecule has 0 aliphatic rings. The van der Waals surface area contributed by atoms with Crippen molar-refractivity contribution in [1.29, 1.82) is 0 Å². The Morgan fingerprint density at radius 2 is 1.87 bits per heavy atom. The molecular weight excluding hydrogens is 188 g/mol. The maximum absolute atomic E-state index is 11.2. The van der Waals surface area contributed by atoms with Gasteiger partial charge in [-0.05, 0) is 32.8 Å². The van der Waals surface area contributed by atoms with Crippen molar-refractivity contribution in [3.63, 3.8) is 0 Å². The molecule has 0 saturated carbocycles. The van der Waals surface area contributed by atoms with Crippen LogP contribution in [0.3, 0.4) is 0 Å². The van der Waals surface area contributed by atoms with Gasteiger partial charge in [-0.1, -0.05) is 31.4 Å². The van der Waals surface area contributed by atoms with Crippen molar-refractivity contribution in [3.8, 4) is 0 Å². The summed E-state index contributed by atoms with van der Waals surface area (Å²) in [5.41, 5.74) is 2.15. The molecule has 0 spiro atoms. The number of carbonyl (C=O) groups excluding carboxylic acids is 1. The fraction of sp³-hybridized carbons (Fsp3) is 0.615. The first-order chi connectivity index (χ1) is 7.11. The van der Waals surface area contributed by atoms with E-state index in [4.69, 9.17) is 4.74 Å². The average molecular weight is 210 g/mol. The minimum Gasteiger partial charge on any atom is -0.463 e. The zero-order valence-electron chi connectivity index (χ0n) is 10.3. The fourth-order valence-electron chi connectivity index (χ4n) is 1.16. The SMILES string of the molecule is CCCC/C=C(C)/C(C)=C/C(=O)OCC. The highest BCUT2D eigenvalue weighted by Gasteiger charge is 1.99. The van der Waals surface area contributed by atoms with Gasteiger partial charge in [-0.2, -0.15) is 0 Å². The molecule has 0 rings (SSSR count). The molecule has 0 fully saturated rings. The zero-order chi connectivity index (χ0) is 11.7. The van der Waals surface area contributed by atoms with Crippen LogP contribution in [0.4, 0.5) is 0 Å². The average Bonchev–Trinajstić information content (AvgIpc) is 2.18. The van der Waals surface area contributed by atoms with Gasteiger partial charge >= 0.3 is 5.97 Å². The summed E-state index contributed by atoms with van der Waals surface area (Å²) in [5.74, 6) is -0.252. The van der Waals surface area contributed by atoms with Crippen LogP contribution < -0.4 is 0 Å². The number of rotatable bonds is 6. The highest BCUT2D eigenvalue weighted by atomic mass is 16.5. The lowest BCUT2D eigenvalue weighted by Gasteiger charge is -2.02. The molecule has 15 heavy (non-hydrogen) atoms. The van der Waals surface area contributed by atoms with E-state index in [-0.39, 0.29) is 5.97 Å².